The van der Waals surface area contributed by atoms with E-state index in [1.807, 2.05) is 0 Å². The maximum atomic E-state index is 4.76. The predicted octanol–water partition coefficient (Wildman–Crippen LogP) is 3.49. The van der Waals surface area contributed by atoms with Crippen LogP contribution >= 0.6 is 0 Å². The molecule has 0 saturated heterocycles. The molecule has 1 aliphatic heterocycles. The van der Waals surface area contributed by atoms with Gasteiger partial charge in [-0.2, -0.15) is 0 Å². The predicted molar refractivity (Wildman–Crippen MR) is 72.7 cm³/mol. The van der Waals surface area contributed by atoms with Crippen LogP contribution in [0.2, 0.25) is 0 Å². The van der Waals surface area contributed by atoms with Crippen molar-refractivity contribution in [1.82, 2.24) is 0 Å². The van der Waals surface area contributed by atoms with Crippen molar-refractivity contribution < 1.29 is 0 Å². The SMILES string of the molecule is c1ccc(N2CCN=C2C2CCCCC2)cc1. The number of amidine groups is 1. The zero-order chi connectivity index (χ0) is 11.5. The molecule has 17 heavy (non-hydrogen) atoms. The molecule has 1 aliphatic carbocycles. The van der Waals surface area contributed by atoms with E-state index >= 15 is 0 Å². The van der Waals surface area contributed by atoms with Gasteiger partial charge in [0.25, 0.3) is 0 Å². The highest BCUT2D eigenvalue weighted by Crippen LogP contribution is 2.29. The number of para-hydroxylation sites is 1. The second-order valence-electron chi connectivity index (χ2n) is 5.06. The van der Waals surface area contributed by atoms with Crippen molar-refractivity contribution in [3.05, 3.63) is 30.3 Å². The molecule has 1 aromatic carbocycles. The number of hydrogen-bond donors (Lipinski definition) is 0. The van der Waals surface area contributed by atoms with Crippen molar-refractivity contribution in [2.45, 2.75) is 32.1 Å². The molecular formula is C15H20N2. The molecule has 0 amide bonds. The number of rotatable bonds is 2. The van der Waals surface area contributed by atoms with E-state index in [1.54, 1.807) is 0 Å². The Hall–Kier alpha value is -1.31. The lowest BCUT2D eigenvalue weighted by Crippen LogP contribution is -2.34. The average molecular weight is 228 g/mol. The van der Waals surface area contributed by atoms with Gasteiger partial charge in [0.15, 0.2) is 0 Å². The van der Waals surface area contributed by atoms with E-state index in [0.717, 1.165) is 13.1 Å². The van der Waals surface area contributed by atoms with Gasteiger partial charge in [0, 0.05) is 18.2 Å². The van der Waals surface area contributed by atoms with Gasteiger partial charge in [-0.1, -0.05) is 37.5 Å². The smallest absolute Gasteiger partial charge is 0.107 e. The number of anilines is 1. The largest absolute Gasteiger partial charge is 0.328 e. The van der Waals surface area contributed by atoms with Gasteiger partial charge in [-0.05, 0) is 25.0 Å². The monoisotopic (exact) mass is 228 g/mol. The summed E-state index contributed by atoms with van der Waals surface area (Å²) < 4.78 is 0. The molecule has 90 valence electrons. The van der Waals surface area contributed by atoms with Crippen molar-refractivity contribution in [3.8, 4) is 0 Å². The zero-order valence-electron chi connectivity index (χ0n) is 10.3. The summed E-state index contributed by atoms with van der Waals surface area (Å²) in [5, 5.41) is 0. The molecular weight excluding hydrogens is 208 g/mol. The Morgan fingerprint density at radius 2 is 1.76 bits per heavy atom. The molecule has 1 aromatic rings. The second-order valence-corrected chi connectivity index (χ2v) is 5.06. The summed E-state index contributed by atoms with van der Waals surface area (Å²) in [5.74, 6) is 2.07. The lowest BCUT2D eigenvalue weighted by Gasteiger charge is -2.29. The van der Waals surface area contributed by atoms with E-state index in [-0.39, 0.29) is 0 Å². The summed E-state index contributed by atoms with van der Waals surface area (Å²) in [6.07, 6.45) is 6.85. The van der Waals surface area contributed by atoms with Crippen LogP contribution in [0, 0.1) is 5.92 Å². The van der Waals surface area contributed by atoms with Crippen LogP contribution in [-0.4, -0.2) is 18.9 Å². The maximum Gasteiger partial charge on any atom is 0.107 e. The lowest BCUT2D eigenvalue weighted by molar-refractivity contribution is 0.437. The summed E-state index contributed by atoms with van der Waals surface area (Å²) in [4.78, 5) is 7.19. The minimum absolute atomic E-state index is 0.714. The van der Waals surface area contributed by atoms with Crippen LogP contribution in [0.15, 0.2) is 35.3 Å². The molecule has 1 heterocycles. The molecule has 1 fully saturated rings. The van der Waals surface area contributed by atoms with Crippen LogP contribution in [0.25, 0.3) is 0 Å². The summed E-state index contributed by atoms with van der Waals surface area (Å²) in [5.41, 5.74) is 1.31. The Morgan fingerprint density at radius 1 is 1.00 bits per heavy atom. The molecule has 0 aromatic heterocycles. The molecule has 1 saturated carbocycles. The second kappa shape index (κ2) is 4.91. The van der Waals surface area contributed by atoms with E-state index < -0.39 is 0 Å². The van der Waals surface area contributed by atoms with E-state index in [4.69, 9.17) is 4.99 Å². The lowest BCUT2D eigenvalue weighted by atomic mass is 9.88. The van der Waals surface area contributed by atoms with E-state index in [9.17, 15) is 0 Å². The Bertz CT molecular complexity index is 391. The molecule has 0 spiro atoms. The Kier molecular flexibility index (Phi) is 3.12. The fourth-order valence-corrected chi connectivity index (χ4v) is 3.04. The summed E-state index contributed by atoms with van der Waals surface area (Å²) >= 11 is 0. The van der Waals surface area contributed by atoms with Gasteiger partial charge in [0.05, 0.1) is 6.54 Å². The number of aliphatic imine (C=N–C) groups is 1. The molecule has 0 unspecified atom stereocenters. The first-order valence-corrected chi connectivity index (χ1v) is 6.82. The number of nitrogens with zero attached hydrogens (tertiary/aromatic N) is 2. The fourth-order valence-electron chi connectivity index (χ4n) is 3.04. The first-order chi connectivity index (χ1) is 8.45. The highest BCUT2D eigenvalue weighted by molar-refractivity contribution is 6.00. The van der Waals surface area contributed by atoms with Gasteiger partial charge in [0.1, 0.15) is 5.84 Å². The summed E-state index contributed by atoms with van der Waals surface area (Å²) in [6.45, 7) is 2.04. The van der Waals surface area contributed by atoms with E-state index in [1.165, 1.54) is 43.6 Å². The normalized spacial score (nSPS) is 21.6. The molecule has 0 N–H and O–H groups in total. The van der Waals surface area contributed by atoms with Gasteiger partial charge in [-0.3, -0.25) is 4.99 Å². The summed E-state index contributed by atoms with van der Waals surface area (Å²) in [6, 6.07) is 10.7. The molecule has 2 nitrogen and oxygen atoms in total. The number of hydrogen-bond acceptors (Lipinski definition) is 2. The molecule has 0 radical (unpaired) electrons. The van der Waals surface area contributed by atoms with Crippen molar-refractivity contribution in [2.24, 2.45) is 10.9 Å². The van der Waals surface area contributed by atoms with Crippen LogP contribution in [0.1, 0.15) is 32.1 Å². The van der Waals surface area contributed by atoms with Gasteiger partial charge >= 0.3 is 0 Å². The van der Waals surface area contributed by atoms with Gasteiger partial charge in [-0.15, -0.1) is 0 Å². The first kappa shape index (κ1) is 10.8. The van der Waals surface area contributed by atoms with Crippen LogP contribution in [0.4, 0.5) is 5.69 Å². The molecule has 0 bridgehead atoms. The quantitative estimate of drug-likeness (QED) is 0.756. The highest BCUT2D eigenvalue weighted by Gasteiger charge is 2.27. The van der Waals surface area contributed by atoms with E-state index in [0.29, 0.717) is 5.92 Å². The number of benzene rings is 1. The van der Waals surface area contributed by atoms with Crippen LogP contribution in [0.3, 0.4) is 0 Å². The minimum Gasteiger partial charge on any atom is -0.328 e. The Balaban J connectivity index is 1.79. The molecule has 0 atom stereocenters. The topological polar surface area (TPSA) is 15.6 Å². The standard InChI is InChI=1S/C15H20N2/c1-3-7-13(8-4-1)15-16-11-12-17(15)14-9-5-2-6-10-14/h2,5-6,9-10,13H,1,3-4,7-8,11-12H2. The molecule has 2 heteroatoms. The van der Waals surface area contributed by atoms with Gasteiger partial charge in [-0.25, -0.2) is 0 Å². The van der Waals surface area contributed by atoms with Crippen molar-refractivity contribution in [2.75, 3.05) is 18.0 Å². The van der Waals surface area contributed by atoms with Crippen molar-refractivity contribution in [1.29, 1.82) is 0 Å². The van der Waals surface area contributed by atoms with Crippen LogP contribution < -0.4 is 4.90 Å². The van der Waals surface area contributed by atoms with Crippen molar-refractivity contribution in [3.63, 3.8) is 0 Å². The third kappa shape index (κ3) is 2.21. The van der Waals surface area contributed by atoms with Gasteiger partial charge < -0.3 is 4.90 Å². The maximum absolute atomic E-state index is 4.76. The van der Waals surface area contributed by atoms with E-state index in [2.05, 4.69) is 35.2 Å². The Morgan fingerprint density at radius 3 is 2.53 bits per heavy atom. The average Bonchev–Trinajstić information content (AvgIpc) is 2.90. The minimum atomic E-state index is 0.714. The molecule has 3 rings (SSSR count). The third-order valence-electron chi connectivity index (χ3n) is 3.91. The first-order valence-electron chi connectivity index (χ1n) is 6.82. The van der Waals surface area contributed by atoms with Crippen LogP contribution in [0.5, 0.6) is 0 Å². The fraction of sp³-hybridized carbons (Fsp3) is 0.533. The van der Waals surface area contributed by atoms with Gasteiger partial charge in [0.2, 0.25) is 0 Å². The third-order valence-corrected chi connectivity index (χ3v) is 3.91. The van der Waals surface area contributed by atoms with Crippen molar-refractivity contribution >= 4 is 11.5 Å². The molecule has 2 aliphatic rings. The summed E-state index contributed by atoms with van der Waals surface area (Å²) in [7, 11) is 0. The Labute approximate surface area is 103 Å². The highest BCUT2D eigenvalue weighted by atomic mass is 15.2. The zero-order valence-corrected chi connectivity index (χ0v) is 10.3. The van der Waals surface area contributed by atoms with Crippen LogP contribution in [-0.2, 0) is 0 Å².